The van der Waals surface area contributed by atoms with Crippen LogP contribution in [-0.4, -0.2) is 31.4 Å². The molecule has 104 valence electrons. The van der Waals surface area contributed by atoms with Crippen molar-refractivity contribution < 1.29 is 4.79 Å². The van der Waals surface area contributed by atoms with Crippen molar-refractivity contribution in [2.75, 3.05) is 26.0 Å². The van der Waals surface area contributed by atoms with Gasteiger partial charge in [-0.1, -0.05) is 25.7 Å². The van der Waals surface area contributed by atoms with Gasteiger partial charge in [-0.15, -0.1) is 0 Å². The van der Waals surface area contributed by atoms with Crippen molar-refractivity contribution in [1.82, 2.24) is 4.90 Å². The molecule has 1 aromatic rings. The topological polar surface area (TPSA) is 32.3 Å². The van der Waals surface area contributed by atoms with Crippen molar-refractivity contribution in [2.45, 2.75) is 32.1 Å². The molecule has 0 bridgehead atoms. The lowest BCUT2D eigenvalue weighted by molar-refractivity contribution is 0.0787. The molecule has 0 spiro atoms. The molecular formula is C16H24N2O. The summed E-state index contributed by atoms with van der Waals surface area (Å²) >= 11 is 0. The van der Waals surface area contributed by atoms with Gasteiger partial charge in [-0.3, -0.25) is 4.79 Å². The van der Waals surface area contributed by atoms with Crippen LogP contribution in [0.2, 0.25) is 0 Å². The van der Waals surface area contributed by atoms with Crippen molar-refractivity contribution in [3.8, 4) is 0 Å². The van der Waals surface area contributed by atoms with Gasteiger partial charge in [0.15, 0.2) is 0 Å². The second kappa shape index (κ2) is 6.60. The summed E-state index contributed by atoms with van der Waals surface area (Å²) in [6.07, 6.45) is 6.58. The molecule has 0 atom stereocenters. The number of rotatable bonds is 5. The molecule has 0 radical (unpaired) electrons. The number of nitrogens with one attached hydrogen (secondary N) is 1. The largest absolute Gasteiger partial charge is 0.388 e. The smallest absolute Gasteiger partial charge is 0.253 e. The summed E-state index contributed by atoms with van der Waals surface area (Å²) in [5.41, 5.74) is 1.80. The molecule has 1 aromatic carbocycles. The first kappa shape index (κ1) is 13.9. The number of amides is 1. The number of hydrogen-bond donors (Lipinski definition) is 1. The summed E-state index contributed by atoms with van der Waals surface area (Å²) < 4.78 is 0. The Hall–Kier alpha value is -1.51. The molecule has 1 fully saturated rings. The summed E-state index contributed by atoms with van der Waals surface area (Å²) in [7, 11) is 3.79. The average molecular weight is 260 g/mol. The zero-order chi connectivity index (χ0) is 13.7. The van der Waals surface area contributed by atoms with Gasteiger partial charge in [0.25, 0.3) is 5.91 Å². The lowest BCUT2D eigenvalue weighted by Crippen LogP contribution is -2.28. The molecule has 1 aliphatic carbocycles. The van der Waals surface area contributed by atoms with E-state index < -0.39 is 0 Å². The van der Waals surface area contributed by atoms with Gasteiger partial charge < -0.3 is 10.2 Å². The molecule has 1 N–H and O–H groups in total. The Kier molecular flexibility index (Phi) is 4.83. The summed E-state index contributed by atoms with van der Waals surface area (Å²) in [5, 5.41) is 3.06. The van der Waals surface area contributed by atoms with Crippen molar-refractivity contribution in [1.29, 1.82) is 0 Å². The minimum Gasteiger partial charge on any atom is -0.388 e. The number of benzene rings is 1. The van der Waals surface area contributed by atoms with Gasteiger partial charge in [0.05, 0.1) is 0 Å². The maximum Gasteiger partial charge on any atom is 0.253 e. The molecule has 0 saturated heterocycles. The third kappa shape index (κ3) is 3.72. The number of hydrogen-bond acceptors (Lipinski definition) is 2. The van der Waals surface area contributed by atoms with Gasteiger partial charge in [-0.25, -0.2) is 0 Å². The van der Waals surface area contributed by atoms with E-state index in [9.17, 15) is 4.79 Å². The molecule has 0 heterocycles. The third-order valence-electron chi connectivity index (χ3n) is 4.11. The Morgan fingerprint density at radius 2 is 1.89 bits per heavy atom. The van der Waals surface area contributed by atoms with E-state index >= 15 is 0 Å². The minimum absolute atomic E-state index is 0.126. The second-order valence-electron chi connectivity index (χ2n) is 5.49. The van der Waals surface area contributed by atoms with Crippen molar-refractivity contribution >= 4 is 11.6 Å². The first-order valence-corrected chi connectivity index (χ1v) is 7.24. The number of carbonyl (C=O) groups is 1. The Balaban J connectivity index is 1.86. The van der Waals surface area contributed by atoms with Crippen molar-refractivity contribution in [3.63, 3.8) is 0 Å². The van der Waals surface area contributed by atoms with Gasteiger partial charge in [-0.05, 0) is 36.6 Å². The highest BCUT2D eigenvalue weighted by Gasteiger charge is 2.17. The molecule has 19 heavy (non-hydrogen) atoms. The average Bonchev–Trinajstić information content (AvgIpc) is 2.97. The maximum atomic E-state index is 12.3. The number of nitrogens with zero attached hydrogens (tertiary/aromatic N) is 1. The molecule has 3 heteroatoms. The third-order valence-corrected chi connectivity index (χ3v) is 4.11. The van der Waals surface area contributed by atoms with E-state index in [1.807, 2.05) is 43.3 Å². The van der Waals surface area contributed by atoms with Gasteiger partial charge in [0.2, 0.25) is 0 Å². The van der Waals surface area contributed by atoms with E-state index in [-0.39, 0.29) is 5.91 Å². The van der Waals surface area contributed by atoms with E-state index in [1.165, 1.54) is 25.7 Å². The SMILES string of the molecule is CNc1ccc(C(=O)N(C)CCC2CCCC2)cc1. The predicted octanol–water partition coefficient (Wildman–Crippen LogP) is 3.38. The van der Waals surface area contributed by atoms with Crippen LogP contribution in [0.25, 0.3) is 0 Å². The van der Waals surface area contributed by atoms with Crippen LogP contribution < -0.4 is 5.32 Å². The quantitative estimate of drug-likeness (QED) is 0.880. The normalized spacial score (nSPS) is 15.5. The van der Waals surface area contributed by atoms with Crippen LogP contribution in [0.3, 0.4) is 0 Å². The molecule has 2 rings (SSSR count). The highest BCUT2D eigenvalue weighted by Crippen LogP contribution is 2.27. The Labute approximate surface area is 116 Å². The Morgan fingerprint density at radius 1 is 1.26 bits per heavy atom. The van der Waals surface area contributed by atoms with E-state index in [4.69, 9.17) is 0 Å². The fourth-order valence-corrected chi connectivity index (χ4v) is 2.78. The molecule has 3 nitrogen and oxygen atoms in total. The van der Waals surface area contributed by atoms with Crippen LogP contribution in [0.5, 0.6) is 0 Å². The number of carbonyl (C=O) groups excluding carboxylic acids is 1. The van der Waals surface area contributed by atoms with Crippen LogP contribution in [0.1, 0.15) is 42.5 Å². The monoisotopic (exact) mass is 260 g/mol. The first-order valence-electron chi connectivity index (χ1n) is 7.24. The fraction of sp³-hybridized carbons (Fsp3) is 0.562. The Morgan fingerprint density at radius 3 is 2.47 bits per heavy atom. The standard InChI is InChI=1S/C16H24N2O/c1-17-15-9-7-14(8-10-15)16(19)18(2)12-11-13-5-3-4-6-13/h7-10,13,17H,3-6,11-12H2,1-2H3. The van der Waals surface area contributed by atoms with Crippen LogP contribution in [0.15, 0.2) is 24.3 Å². The Bertz CT molecular complexity index is 407. The zero-order valence-electron chi connectivity index (χ0n) is 12.0. The van der Waals surface area contributed by atoms with Crippen LogP contribution in [-0.2, 0) is 0 Å². The summed E-state index contributed by atoms with van der Waals surface area (Å²) in [4.78, 5) is 14.1. The fourth-order valence-electron chi connectivity index (χ4n) is 2.78. The highest BCUT2D eigenvalue weighted by molar-refractivity contribution is 5.94. The molecule has 0 aromatic heterocycles. The van der Waals surface area contributed by atoms with Crippen molar-refractivity contribution in [3.05, 3.63) is 29.8 Å². The second-order valence-corrected chi connectivity index (χ2v) is 5.49. The van der Waals surface area contributed by atoms with E-state index in [0.29, 0.717) is 0 Å². The lowest BCUT2D eigenvalue weighted by atomic mass is 10.0. The number of anilines is 1. The van der Waals surface area contributed by atoms with Crippen LogP contribution in [0, 0.1) is 5.92 Å². The molecule has 1 amide bonds. The summed E-state index contributed by atoms with van der Waals surface area (Å²) in [6, 6.07) is 7.66. The minimum atomic E-state index is 0.126. The summed E-state index contributed by atoms with van der Waals surface area (Å²) in [5.74, 6) is 0.961. The lowest BCUT2D eigenvalue weighted by Gasteiger charge is -2.19. The molecule has 1 saturated carbocycles. The van der Waals surface area contributed by atoms with E-state index in [1.54, 1.807) is 0 Å². The maximum absolute atomic E-state index is 12.3. The highest BCUT2D eigenvalue weighted by atomic mass is 16.2. The molecule has 0 aliphatic heterocycles. The van der Waals surface area contributed by atoms with E-state index in [2.05, 4.69) is 5.32 Å². The summed E-state index contributed by atoms with van der Waals surface area (Å²) in [6.45, 7) is 0.872. The van der Waals surface area contributed by atoms with Gasteiger partial charge in [0, 0.05) is 31.9 Å². The van der Waals surface area contributed by atoms with Gasteiger partial charge in [-0.2, -0.15) is 0 Å². The van der Waals surface area contributed by atoms with Gasteiger partial charge in [0.1, 0.15) is 0 Å². The predicted molar refractivity (Wildman–Crippen MR) is 79.5 cm³/mol. The van der Waals surface area contributed by atoms with Gasteiger partial charge >= 0.3 is 0 Å². The zero-order valence-corrected chi connectivity index (χ0v) is 12.0. The van der Waals surface area contributed by atoms with Crippen LogP contribution in [0.4, 0.5) is 5.69 Å². The van der Waals surface area contributed by atoms with E-state index in [0.717, 1.165) is 30.1 Å². The van der Waals surface area contributed by atoms with Crippen LogP contribution >= 0.6 is 0 Å². The molecule has 0 unspecified atom stereocenters. The molecular weight excluding hydrogens is 236 g/mol. The first-order chi connectivity index (χ1) is 9.20. The molecule has 1 aliphatic rings. The van der Waals surface area contributed by atoms with Crippen molar-refractivity contribution in [2.24, 2.45) is 5.92 Å².